The molecule has 0 saturated carbocycles. The average Bonchev–Trinajstić information content (AvgIpc) is 3.27. The topological polar surface area (TPSA) is 121 Å². The molecule has 0 bridgehead atoms. The van der Waals surface area contributed by atoms with Crippen molar-refractivity contribution in [2.45, 2.75) is 13.8 Å². The number of pyridine rings is 1. The minimum atomic E-state index is -0.735. The van der Waals surface area contributed by atoms with Crippen molar-refractivity contribution < 1.29 is 23.5 Å². The zero-order chi connectivity index (χ0) is 23.8. The van der Waals surface area contributed by atoms with Crippen molar-refractivity contribution in [2.24, 2.45) is 9.98 Å². The van der Waals surface area contributed by atoms with E-state index in [9.17, 15) is 4.79 Å². The molecule has 1 aromatic carbocycles. The number of hydrogen-bond acceptors (Lipinski definition) is 10. The fourth-order valence-electron chi connectivity index (χ4n) is 2.76. The molecule has 0 unspecified atom stereocenters. The van der Waals surface area contributed by atoms with Crippen LogP contribution in [0.2, 0.25) is 0 Å². The lowest BCUT2D eigenvalue weighted by Gasteiger charge is -2.12. The van der Waals surface area contributed by atoms with E-state index in [1.165, 1.54) is 26.0 Å². The van der Waals surface area contributed by atoms with Crippen LogP contribution in [0.5, 0.6) is 11.6 Å². The highest BCUT2D eigenvalue weighted by Gasteiger charge is 2.18. The van der Waals surface area contributed by atoms with Crippen molar-refractivity contribution in [1.29, 1.82) is 0 Å². The van der Waals surface area contributed by atoms with Crippen LogP contribution in [-0.4, -0.2) is 59.1 Å². The Morgan fingerprint density at radius 1 is 1.21 bits per heavy atom. The number of carbonyl (C=O) groups excluding carboxylic acids is 1. The number of amides is 1. The second kappa shape index (κ2) is 11.2. The van der Waals surface area contributed by atoms with Crippen LogP contribution in [0.15, 0.2) is 51.0 Å². The number of carbonyl (C=O) groups is 1. The standard InChI is InChI=1S/C22H23N5O5S/c1-6-31-17-11-15(12-23-20(17)29-3)18(21(33-5)26-22(28)30-4)25-16-9-7-14(8-10-16)19-24-13(2)32-27-19/h7-12H,6H2,1-5H3. The Morgan fingerprint density at radius 3 is 2.55 bits per heavy atom. The van der Waals surface area contributed by atoms with Gasteiger partial charge in [0, 0.05) is 24.2 Å². The van der Waals surface area contributed by atoms with Crippen LogP contribution < -0.4 is 9.47 Å². The van der Waals surface area contributed by atoms with Gasteiger partial charge in [0.25, 0.3) is 5.88 Å². The first-order valence-electron chi connectivity index (χ1n) is 9.86. The molecule has 0 radical (unpaired) electrons. The minimum Gasteiger partial charge on any atom is -0.488 e. The highest BCUT2D eigenvalue weighted by atomic mass is 32.2. The quantitative estimate of drug-likeness (QED) is 0.364. The Kier molecular flexibility index (Phi) is 8.14. The monoisotopic (exact) mass is 469 g/mol. The summed E-state index contributed by atoms with van der Waals surface area (Å²) in [5, 5.41) is 4.28. The van der Waals surface area contributed by atoms with Crippen LogP contribution >= 0.6 is 11.8 Å². The van der Waals surface area contributed by atoms with Crippen LogP contribution in [0.3, 0.4) is 0 Å². The van der Waals surface area contributed by atoms with Gasteiger partial charge in [-0.25, -0.2) is 14.8 Å². The smallest absolute Gasteiger partial charge is 0.434 e. The normalized spacial score (nSPS) is 11.9. The number of aromatic nitrogens is 3. The molecule has 2 aromatic heterocycles. The van der Waals surface area contributed by atoms with Crippen LogP contribution in [0.25, 0.3) is 11.4 Å². The van der Waals surface area contributed by atoms with E-state index in [1.54, 1.807) is 37.6 Å². The highest BCUT2D eigenvalue weighted by molar-refractivity contribution is 8.15. The van der Waals surface area contributed by atoms with E-state index in [-0.39, 0.29) is 0 Å². The van der Waals surface area contributed by atoms with Crippen LogP contribution in [0.1, 0.15) is 18.4 Å². The Hall–Kier alpha value is -3.73. The molecule has 0 spiro atoms. The first-order chi connectivity index (χ1) is 16.0. The fourth-order valence-corrected chi connectivity index (χ4v) is 3.29. The molecule has 0 atom stereocenters. The maximum absolute atomic E-state index is 11.9. The molecular formula is C22H23N5O5S. The number of aryl methyl sites for hydroxylation is 1. The molecule has 3 rings (SSSR count). The summed E-state index contributed by atoms with van der Waals surface area (Å²) in [6.45, 7) is 4.02. The third-order valence-corrected chi connectivity index (χ3v) is 4.91. The molecule has 0 saturated heterocycles. The van der Waals surface area contributed by atoms with Crippen molar-refractivity contribution >= 4 is 34.3 Å². The van der Waals surface area contributed by atoms with Crippen molar-refractivity contribution in [3.8, 4) is 23.0 Å². The summed E-state index contributed by atoms with van der Waals surface area (Å²) in [4.78, 5) is 29.2. The van der Waals surface area contributed by atoms with Crippen molar-refractivity contribution in [3.05, 3.63) is 48.0 Å². The fraction of sp³-hybridized carbons (Fsp3) is 0.273. The van der Waals surface area contributed by atoms with E-state index in [2.05, 4.69) is 20.1 Å². The summed E-state index contributed by atoms with van der Waals surface area (Å²) in [6.07, 6.45) is 2.64. The molecule has 0 N–H and O–H groups in total. The lowest BCUT2D eigenvalue weighted by atomic mass is 10.1. The maximum Gasteiger partial charge on any atom is 0.434 e. The number of ether oxygens (including phenoxy) is 3. The molecule has 2 heterocycles. The third kappa shape index (κ3) is 5.95. The number of nitrogens with zero attached hydrogens (tertiary/aromatic N) is 5. The number of aliphatic imine (C=N–C) groups is 2. The SMILES string of the molecule is CCOc1cc(C(=Nc2ccc(-c3noc(C)n3)cc2)C(=NC(=O)OC)SC)cnc1OC. The number of thioether (sulfide) groups is 1. The molecular weight excluding hydrogens is 446 g/mol. The van der Waals surface area contributed by atoms with Crippen LogP contribution in [0, 0.1) is 6.92 Å². The third-order valence-electron chi connectivity index (χ3n) is 4.24. The summed E-state index contributed by atoms with van der Waals surface area (Å²) < 4.78 is 20.7. The Balaban J connectivity index is 2.09. The summed E-state index contributed by atoms with van der Waals surface area (Å²) in [5.41, 5.74) is 2.42. The zero-order valence-electron chi connectivity index (χ0n) is 18.9. The molecule has 1 amide bonds. The molecule has 0 aliphatic heterocycles. The van der Waals surface area contributed by atoms with E-state index < -0.39 is 6.09 Å². The zero-order valence-corrected chi connectivity index (χ0v) is 19.7. The predicted molar refractivity (Wildman–Crippen MR) is 126 cm³/mol. The van der Waals surface area contributed by atoms with Gasteiger partial charge in [0.05, 0.1) is 26.5 Å². The van der Waals surface area contributed by atoms with E-state index in [1.807, 2.05) is 19.1 Å². The molecule has 11 heteroatoms. The molecule has 3 aromatic rings. The van der Waals surface area contributed by atoms with Crippen LogP contribution in [-0.2, 0) is 4.74 Å². The van der Waals surface area contributed by atoms with Gasteiger partial charge in [-0.1, -0.05) is 5.16 Å². The molecule has 0 aliphatic carbocycles. The lowest BCUT2D eigenvalue weighted by Crippen LogP contribution is -2.15. The van der Waals surface area contributed by atoms with Gasteiger partial charge in [-0.05, 0) is 43.5 Å². The summed E-state index contributed by atoms with van der Waals surface area (Å²) in [5.74, 6) is 1.76. The largest absolute Gasteiger partial charge is 0.488 e. The molecule has 33 heavy (non-hydrogen) atoms. The molecule has 0 fully saturated rings. The van der Waals surface area contributed by atoms with Gasteiger partial charge in [0.1, 0.15) is 10.8 Å². The predicted octanol–water partition coefficient (Wildman–Crippen LogP) is 4.50. The Bertz CT molecular complexity index is 1170. The second-order valence-corrected chi connectivity index (χ2v) is 7.19. The van der Waals surface area contributed by atoms with E-state index in [4.69, 9.17) is 23.7 Å². The highest BCUT2D eigenvalue weighted by Crippen LogP contribution is 2.28. The average molecular weight is 470 g/mol. The lowest BCUT2D eigenvalue weighted by molar-refractivity contribution is 0.183. The Labute approximate surface area is 195 Å². The van der Waals surface area contributed by atoms with Gasteiger partial charge < -0.3 is 18.7 Å². The molecule has 0 aliphatic rings. The summed E-state index contributed by atoms with van der Waals surface area (Å²) >= 11 is 1.25. The van der Waals surface area contributed by atoms with Gasteiger partial charge in [0.15, 0.2) is 5.75 Å². The van der Waals surface area contributed by atoms with Crippen LogP contribution in [0.4, 0.5) is 10.5 Å². The number of rotatable bonds is 7. The molecule has 10 nitrogen and oxygen atoms in total. The van der Waals surface area contributed by atoms with Crippen molar-refractivity contribution in [3.63, 3.8) is 0 Å². The number of benzene rings is 1. The first-order valence-corrected chi connectivity index (χ1v) is 11.1. The summed E-state index contributed by atoms with van der Waals surface area (Å²) in [7, 11) is 2.78. The molecule has 172 valence electrons. The first kappa shape index (κ1) is 23.9. The van der Waals surface area contributed by atoms with E-state index in [0.29, 0.717) is 52.0 Å². The Morgan fingerprint density at radius 2 is 1.97 bits per heavy atom. The minimum absolute atomic E-state index is 0.343. The van der Waals surface area contributed by atoms with Gasteiger partial charge in [0.2, 0.25) is 11.7 Å². The van der Waals surface area contributed by atoms with Gasteiger partial charge in [-0.3, -0.25) is 0 Å². The second-order valence-electron chi connectivity index (χ2n) is 6.40. The van der Waals surface area contributed by atoms with E-state index >= 15 is 0 Å². The maximum atomic E-state index is 11.9. The van der Waals surface area contributed by atoms with Gasteiger partial charge in [-0.2, -0.15) is 9.98 Å². The number of hydrogen-bond donors (Lipinski definition) is 0. The summed E-state index contributed by atoms with van der Waals surface area (Å²) in [6, 6.07) is 9.01. The van der Waals surface area contributed by atoms with Gasteiger partial charge >= 0.3 is 6.09 Å². The van der Waals surface area contributed by atoms with Crippen molar-refractivity contribution in [1.82, 2.24) is 15.1 Å². The van der Waals surface area contributed by atoms with Crippen molar-refractivity contribution in [2.75, 3.05) is 27.1 Å². The van der Waals surface area contributed by atoms with E-state index in [0.717, 1.165) is 5.56 Å². The van der Waals surface area contributed by atoms with Gasteiger partial charge in [-0.15, -0.1) is 11.8 Å². The number of methoxy groups -OCH3 is 2.